The van der Waals surface area contributed by atoms with E-state index in [4.69, 9.17) is 0 Å². The summed E-state index contributed by atoms with van der Waals surface area (Å²) in [5, 5.41) is -0.241. The first-order valence-corrected chi connectivity index (χ1v) is 5.75. The SMILES string of the molecule is CC(=O)SCCCC(F)C(F)C(F)(F)C(F)F. The van der Waals surface area contributed by atoms with Crippen LogP contribution in [0.3, 0.4) is 0 Å². The molecule has 0 aromatic rings. The first kappa shape index (κ1) is 16.6. The third-order valence-electron chi connectivity index (χ3n) is 1.91. The van der Waals surface area contributed by atoms with Gasteiger partial charge in [-0.2, -0.15) is 8.78 Å². The van der Waals surface area contributed by atoms with Crippen molar-refractivity contribution in [3.05, 3.63) is 0 Å². The molecule has 0 saturated heterocycles. The van der Waals surface area contributed by atoms with E-state index in [2.05, 4.69) is 0 Å². The normalized spacial score (nSPS) is 16.0. The van der Waals surface area contributed by atoms with Crippen LogP contribution in [0.4, 0.5) is 26.3 Å². The summed E-state index contributed by atoms with van der Waals surface area (Å²) in [6.45, 7) is 1.26. The Hall–Kier alpha value is -0.400. The third-order valence-corrected chi connectivity index (χ3v) is 2.81. The molecule has 0 heterocycles. The maximum Gasteiger partial charge on any atom is 0.340 e. The molecule has 8 heteroatoms. The summed E-state index contributed by atoms with van der Waals surface area (Å²) >= 11 is 0.835. The minimum Gasteiger partial charge on any atom is -0.288 e. The molecule has 1 nitrogen and oxygen atoms in total. The average molecular weight is 282 g/mol. The molecule has 0 amide bonds. The van der Waals surface area contributed by atoms with Gasteiger partial charge in [-0.3, -0.25) is 4.79 Å². The van der Waals surface area contributed by atoms with Crippen molar-refractivity contribution in [2.24, 2.45) is 0 Å². The van der Waals surface area contributed by atoms with Gasteiger partial charge in [0.05, 0.1) is 0 Å². The lowest BCUT2D eigenvalue weighted by atomic mass is 10.1. The quantitative estimate of drug-likeness (QED) is 0.524. The number of thioether (sulfide) groups is 1. The summed E-state index contributed by atoms with van der Waals surface area (Å²) in [7, 11) is 0. The zero-order valence-electron chi connectivity index (χ0n) is 8.94. The first-order valence-electron chi connectivity index (χ1n) is 4.77. The summed E-state index contributed by atoms with van der Waals surface area (Å²) in [5.74, 6) is -4.84. The molecule has 0 aliphatic heterocycles. The van der Waals surface area contributed by atoms with Crippen molar-refractivity contribution >= 4 is 16.9 Å². The average Bonchev–Trinajstić information content (AvgIpc) is 2.22. The Bertz CT molecular complexity index is 248. The maximum absolute atomic E-state index is 12.9. The van der Waals surface area contributed by atoms with Gasteiger partial charge in [-0.05, 0) is 12.8 Å². The van der Waals surface area contributed by atoms with Gasteiger partial charge in [-0.1, -0.05) is 11.8 Å². The smallest absolute Gasteiger partial charge is 0.288 e. The third kappa shape index (κ3) is 5.65. The van der Waals surface area contributed by atoms with Gasteiger partial charge in [0.15, 0.2) is 5.12 Å². The Morgan fingerprint density at radius 1 is 1.24 bits per heavy atom. The fraction of sp³-hybridized carbons (Fsp3) is 0.889. The van der Waals surface area contributed by atoms with Crippen molar-refractivity contribution in [2.45, 2.75) is 44.5 Å². The number of hydrogen-bond acceptors (Lipinski definition) is 2. The predicted octanol–water partition coefficient (Wildman–Crippen LogP) is 3.62. The van der Waals surface area contributed by atoms with Crippen molar-refractivity contribution in [2.75, 3.05) is 5.75 Å². The molecule has 102 valence electrons. The minimum absolute atomic E-state index is 0.0366. The van der Waals surface area contributed by atoms with Crippen LogP contribution in [0.5, 0.6) is 0 Å². The summed E-state index contributed by atoms with van der Waals surface area (Å²) in [5.41, 5.74) is 0. The fourth-order valence-corrected chi connectivity index (χ4v) is 1.60. The number of hydrogen-bond donors (Lipinski definition) is 0. The second-order valence-electron chi connectivity index (χ2n) is 3.38. The van der Waals surface area contributed by atoms with Gasteiger partial charge >= 0.3 is 12.3 Å². The van der Waals surface area contributed by atoms with E-state index in [0.29, 0.717) is 0 Å². The van der Waals surface area contributed by atoms with Gasteiger partial charge < -0.3 is 0 Å². The maximum atomic E-state index is 12.9. The molecule has 0 aliphatic carbocycles. The van der Waals surface area contributed by atoms with Crippen molar-refractivity contribution in [3.63, 3.8) is 0 Å². The summed E-state index contributed by atoms with van der Waals surface area (Å²) in [6.07, 6.45) is -11.1. The zero-order valence-corrected chi connectivity index (χ0v) is 9.75. The minimum atomic E-state index is -4.98. The summed E-state index contributed by atoms with van der Waals surface area (Å²) in [4.78, 5) is 10.4. The van der Waals surface area contributed by atoms with E-state index < -0.39 is 31.1 Å². The van der Waals surface area contributed by atoms with Crippen LogP contribution in [0.15, 0.2) is 0 Å². The Kier molecular flexibility index (Phi) is 6.96. The van der Waals surface area contributed by atoms with Crippen LogP contribution in [-0.4, -0.2) is 35.6 Å². The van der Waals surface area contributed by atoms with Crippen LogP contribution in [0.1, 0.15) is 19.8 Å². The van der Waals surface area contributed by atoms with Crippen molar-refractivity contribution in [1.82, 2.24) is 0 Å². The molecule has 0 N–H and O–H groups in total. The number of carbonyl (C=O) groups excluding carboxylic acids is 1. The first-order chi connectivity index (χ1) is 7.69. The zero-order chi connectivity index (χ0) is 13.6. The lowest BCUT2D eigenvalue weighted by Gasteiger charge is -2.22. The summed E-state index contributed by atoms with van der Waals surface area (Å²) in [6, 6.07) is 0. The van der Waals surface area contributed by atoms with Crippen LogP contribution in [0.2, 0.25) is 0 Å². The highest BCUT2D eigenvalue weighted by Gasteiger charge is 2.52. The van der Waals surface area contributed by atoms with Crippen molar-refractivity contribution in [3.8, 4) is 0 Å². The highest BCUT2D eigenvalue weighted by molar-refractivity contribution is 8.13. The van der Waals surface area contributed by atoms with Crippen LogP contribution >= 0.6 is 11.8 Å². The molecule has 0 radical (unpaired) electrons. The van der Waals surface area contributed by atoms with E-state index in [1.54, 1.807) is 0 Å². The number of carbonyl (C=O) groups is 1. The molecule has 0 aliphatic rings. The van der Waals surface area contributed by atoms with E-state index in [1.807, 2.05) is 0 Å². The number of halogens is 6. The van der Waals surface area contributed by atoms with E-state index in [-0.39, 0.29) is 17.3 Å². The highest BCUT2D eigenvalue weighted by Crippen LogP contribution is 2.33. The molecule has 0 aromatic heterocycles. The van der Waals surface area contributed by atoms with Crippen molar-refractivity contribution < 1.29 is 31.1 Å². The topological polar surface area (TPSA) is 17.1 Å². The lowest BCUT2D eigenvalue weighted by Crippen LogP contribution is -2.43. The van der Waals surface area contributed by atoms with Crippen LogP contribution in [-0.2, 0) is 4.79 Å². The Morgan fingerprint density at radius 3 is 2.18 bits per heavy atom. The highest BCUT2D eigenvalue weighted by atomic mass is 32.2. The number of rotatable bonds is 7. The molecule has 0 aromatic carbocycles. The predicted molar refractivity (Wildman–Crippen MR) is 53.1 cm³/mol. The molecule has 0 rings (SSSR count). The molecule has 2 atom stereocenters. The van der Waals surface area contributed by atoms with Gasteiger partial charge in [0.25, 0.3) is 0 Å². The molecular weight excluding hydrogens is 270 g/mol. The van der Waals surface area contributed by atoms with E-state index >= 15 is 0 Å². The Labute approximate surface area is 98.9 Å². The van der Waals surface area contributed by atoms with Crippen molar-refractivity contribution in [1.29, 1.82) is 0 Å². The van der Waals surface area contributed by atoms with Crippen LogP contribution in [0.25, 0.3) is 0 Å². The van der Waals surface area contributed by atoms with Gasteiger partial charge in [0.2, 0.25) is 6.17 Å². The largest absolute Gasteiger partial charge is 0.340 e. The Morgan fingerprint density at radius 2 is 1.76 bits per heavy atom. The molecule has 0 spiro atoms. The second-order valence-corrected chi connectivity index (χ2v) is 4.65. The van der Waals surface area contributed by atoms with E-state index in [0.717, 1.165) is 11.8 Å². The van der Waals surface area contributed by atoms with Crippen LogP contribution in [0, 0.1) is 0 Å². The molecule has 0 saturated carbocycles. The monoisotopic (exact) mass is 282 g/mol. The standard InChI is InChI=1S/C9H12F6OS/c1-5(16)17-4-2-3-6(10)7(11)9(14,15)8(12)13/h6-8H,2-4H2,1H3. The summed E-state index contributed by atoms with van der Waals surface area (Å²) < 4.78 is 73.9. The molecular formula is C9H12F6OS. The van der Waals surface area contributed by atoms with Crippen LogP contribution < -0.4 is 0 Å². The molecule has 2 unspecified atom stereocenters. The van der Waals surface area contributed by atoms with Gasteiger partial charge in [0, 0.05) is 12.7 Å². The fourth-order valence-electron chi connectivity index (χ4n) is 1.00. The Balaban J connectivity index is 4.05. The second kappa shape index (κ2) is 7.13. The lowest BCUT2D eigenvalue weighted by molar-refractivity contribution is -0.185. The molecule has 17 heavy (non-hydrogen) atoms. The number of alkyl halides is 6. The van der Waals surface area contributed by atoms with Gasteiger partial charge in [-0.15, -0.1) is 0 Å². The van der Waals surface area contributed by atoms with Gasteiger partial charge in [-0.25, -0.2) is 17.6 Å². The van der Waals surface area contributed by atoms with Gasteiger partial charge in [0.1, 0.15) is 6.17 Å². The molecule has 0 fully saturated rings. The van der Waals surface area contributed by atoms with E-state index in [9.17, 15) is 31.1 Å². The van der Waals surface area contributed by atoms with E-state index in [1.165, 1.54) is 6.92 Å². The molecule has 0 bridgehead atoms.